The molecule has 10 rings (SSSR count). The van der Waals surface area contributed by atoms with E-state index in [0.29, 0.717) is 17.5 Å². The van der Waals surface area contributed by atoms with Crippen molar-refractivity contribution in [1.82, 2.24) is 15.0 Å². The lowest BCUT2D eigenvalue weighted by atomic mass is 9.90. The molecule has 0 aliphatic carbocycles. The highest BCUT2D eigenvalue weighted by Gasteiger charge is 2.19. The predicted octanol–water partition coefficient (Wildman–Crippen LogP) is 11.9. The predicted molar refractivity (Wildman–Crippen MR) is 201 cm³/mol. The first kappa shape index (κ1) is 27.5. The van der Waals surface area contributed by atoms with E-state index in [1.54, 1.807) is 0 Å². The Hall–Kier alpha value is -6.65. The Kier molecular flexibility index (Phi) is 6.15. The standard InChI is InChI=1S/C45H27N3O/c1-2-13-29(14-3-1)43-46-44(31-23-22-28-12-4-5-15-30(28)26-31)48-45(47-43)38-25-24-35(32-16-6-7-17-33(32)38)39-27-40-36-19-10-11-21-41(36)49-42(40)37-20-9-8-18-34(37)39/h1-27H. The molecular weight excluding hydrogens is 599 g/mol. The van der Waals surface area contributed by atoms with Crippen molar-refractivity contribution < 1.29 is 4.42 Å². The summed E-state index contributed by atoms with van der Waals surface area (Å²) >= 11 is 0. The molecule has 0 saturated carbocycles. The van der Waals surface area contributed by atoms with Gasteiger partial charge in [-0.3, -0.25) is 0 Å². The third-order valence-electron chi connectivity index (χ3n) is 9.51. The Morgan fingerprint density at radius 3 is 1.69 bits per heavy atom. The average Bonchev–Trinajstić information content (AvgIpc) is 3.56. The van der Waals surface area contributed by atoms with Crippen molar-refractivity contribution in [2.45, 2.75) is 0 Å². The molecule has 0 bridgehead atoms. The minimum absolute atomic E-state index is 0.640. The highest BCUT2D eigenvalue weighted by Crippen LogP contribution is 2.43. The topological polar surface area (TPSA) is 51.8 Å². The maximum Gasteiger partial charge on any atom is 0.164 e. The Labute approximate surface area is 282 Å². The zero-order valence-corrected chi connectivity index (χ0v) is 26.3. The molecule has 0 radical (unpaired) electrons. The van der Waals surface area contributed by atoms with Crippen LogP contribution in [0.2, 0.25) is 0 Å². The van der Waals surface area contributed by atoms with Crippen molar-refractivity contribution in [3.05, 3.63) is 164 Å². The minimum atomic E-state index is 0.640. The lowest BCUT2D eigenvalue weighted by Gasteiger charge is -2.15. The summed E-state index contributed by atoms with van der Waals surface area (Å²) in [4.78, 5) is 15.2. The van der Waals surface area contributed by atoms with Crippen LogP contribution >= 0.6 is 0 Å². The van der Waals surface area contributed by atoms with Gasteiger partial charge in [0.15, 0.2) is 17.5 Å². The second kappa shape index (κ2) is 11.0. The van der Waals surface area contributed by atoms with Crippen LogP contribution in [0.15, 0.2) is 168 Å². The van der Waals surface area contributed by atoms with E-state index >= 15 is 0 Å². The van der Waals surface area contributed by atoms with Crippen LogP contribution in [0.4, 0.5) is 0 Å². The van der Waals surface area contributed by atoms with Gasteiger partial charge in [0.2, 0.25) is 0 Å². The second-order valence-electron chi connectivity index (χ2n) is 12.4. The van der Waals surface area contributed by atoms with E-state index in [0.717, 1.165) is 76.7 Å². The van der Waals surface area contributed by atoms with E-state index in [4.69, 9.17) is 19.4 Å². The summed E-state index contributed by atoms with van der Waals surface area (Å²) in [5.41, 5.74) is 6.98. The maximum absolute atomic E-state index is 6.42. The molecule has 49 heavy (non-hydrogen) atoms. The number of aromatic nitrogens is 3. The van der Waals surface area contributed by atoms with Crippen LogP contribution in [0.3, 0.4) is 0 Å². The van der Waals surface area contributed by atoms with Gasteiger partial charge in [-0.05, 0) is 62.3 Å². The first-order valence-corrected chi connectivity index (χ1v) is 16.4. The van der Waals surface area contributed by atoms with Crippen LogP contribution in [0.1, 0.15) is 0 Å². The van der Waals surface area contributed by atoms with Crippen molar-refractivity contribution in [2.24, 2.45) is 0 Å². The third-order valence-corrected chi connectivity index (χ3v) is 9.51. The number of hydrogen-bond acceptors (Lipinski definition) is 4. The molecule has 0 saturated heterocycles. The zero-order valence-electron chi connectivity index (χ0n) is 26.3. The van der Waals surface area contributed by atoms with Gasteiger partial charge in [-0.2, -0.15) is 0 Å². The largest absolute Gasteiger partial charge is 0.455 e. The van der Waals surface area contributed by atoms with Crippen LogP contribution in [0, 0.1) is 0 Å². The molecule has 228 valence electrons. The van der Waals surface area contributed by atoms with E-state index in [2.05, 4.69) is 121 Å². The SMILES string of the molecule is c1ccc(-c2nc(-c3ccc4ccccc4c3)nc(-c3ccc(-c4cc5c6ccccc6oc5c5ccccc45)c4ccccc34)n2)cc1. The Morgan fingerprint density at radius 1 is 0.327 bits per heavy atom. The second-order valence-corrected chi connectivity index (χ2v) is 12.4. The van der Waals surface area contributed by atoms with Gasteiger partial charge in [0.05, 0.1) is 0 Å². The fraction of sp³-hybridized carbons (Fsp3) is 0. The molecule has 0 aliphatic rings. The lowest BCUT2D eigenvalue weighted by molar-refractivity contribution is 0.672. The number of hydrogen-bond donors (Lipinski definition) is 0. The van der Waals surface area contributed by atoms with E-state index in [1.807, 2.05) is 42.5 Å². The Morgan fingerprint density at radius 2 is 0.898 bits per heavy atom. The van der Waals surface area contributed by atoms with Crippen LogP contribution < -0.4 is 0 Å². The van der Waals surface area contributed by atoms with Crippen LogP contribution in [-0.2, 0) is 0 Å². The zero-order chi connectivity index (χ0) is 32.3. The first-order chi connectivity index (χ1) is 24.3. The number of nitrogens with zero attached hydrogens (tertiary/aromatic N) is 3. The van der Waals surface area contributed by atoms with Gasteiger partial charge < -0.3 is 4.42 Å². The van der Waals surface area contributed by atoms with Crippen LogP contribution in [-0.4, -0.2) is 15.0 Å². The molecule has 10 aromatic rings. The van der Waals surface area contributed by atoms with E-state index in [1.165, 1.54) is 5.39 Å². The van der Waals surface area contributed by atoms with Gasteiger partial charge in [0.1, 0.15) is 11.2 Å². The molecule has 0 N–H and O–H groups in total. The number of furan rings is 1. The number of para-hydroxylation sites is 1. The molecule has 2 heterocycles. The molecular formula is C45H27N3O. The van der Waals surface area contributed by atoms with E-state index in [9.17, 15) is 0 Å². The highest BCUT2D eigenvalue weighted by atomic mass is 16.3. The monoisotopic (exact) mass is 625 g/mol. The van der Waals surface area contributed by atoms with Crippen LogP contribution in [0.25, 0.3) is 99.5 Å². The summed E-state index contributed by atoms with van der Waals surface area (Å²) in [5.74, 6) is 1.93. The first-order valence-electron chi connectivity index (χ1n) is 16.4. The molecule has 4 heteroatoms. The molecule has 0 amide bonds. The number of rotatable bonds is 4. The quantitative estimate of drug-likeness (QED) is 0.195. The average molecular weight is 626 g/mol. The molecule has 8 aromatic carbocycles. The van der Waals surface area contributed by atoms with Gasteiger partial charge in [0.25, 0.3) is 0 Å². The van der Waals surface area contributed by atoms with Gasteiger partial charge in [-0.15, -0.1) is 0 Å². The van der Waals surface area contributed by atoms with E-state index in [-0.39, 0.29) is 0 Å². The fourth-order valence-electron chi connectivity index (χ4n) is 7.17. The third kappa shape index (κ3) is 4.49. The highest BCUT2D eigenvalue weighted by molar-refractivity contribution is 6.21. The normalized spacial score (nSPS) is 11.7. The molecule has 0 aliphatic heterocycles. The summed E-state index contributed by atoms with van der Waals surface area (Å²) < 4.78 is 6.42. The lowest BCUT2D eigenvalue weighted by Crippen LogP contribution is -2.01. The molecule has 4 nitrogen and oxygen atoms in total. The van der Waals surface area contributed by atoms with Gasteiger partial charge >= 0.3 is 0 Å². The van der Waals surface area contributed by atoms with Crippen LogP contribution in [0.5, 0.6) is 0 Å². The Balaban J connectivity index is 1.21. The van der Waals surface area contributed by atoms with Crippen molar-refractivity contribution >= 4 is 54.3 Å². The smallest absolute Gasteiger partial charge is 0.164 e. The Bertz CT molecular complexity index is 2890. The molecule has 0 unspecified atom stereocenters. The number of benzene rings is 8. The van der Waals surface area contributed by atoms with Crippen molar-refractivity contribution in [3.8, 4) is 45.3 Å². The van der Waals surface area contributed by atoms with Gasteiger partial charge in [0, 0.05) is 32.8 Å². The molecule has 2 aromatic heterocycles. The van der Waals surface area contributed by atoms with Crippen molar-refractivity contribution in [1.29, 1.82) is 0 Å². The van der Waals surface area contributed by atoms with Gasteiger partial charge in [-0.25, -0.2) is 15.0 Å². The summed E-state index contributed by atoms with van der Waals surface area (Å²) in [6.07, 6.45) is 0. The van der Waals surface area contributed by atoms with E-state index < -0.39 is 0 Å². The van der Waals surface area contributed by atoms with Gasteiger partial charge in [-0.1, -0.05) is 140 Å². The summed E-state index contributed by atoms with van der Waals surface area (Å²) in [6.45, 7) is 0. The summed E-state index contributed by atoms with van der Waals surface area (Å²) in [6, 6.07) is 56.9. The van der Waals surface area contributed by atoms with Crippen molar-refractivity contribution in [2.75, 3.05) is 0 Å². The summed E-state index contributed by atoms with van der Waals surface area (Å²) in [7, 11) is 0. The minimum Gasteiger partial charge on any atom is -0.455 e. The van der Waals surface area contributed by atoms with Crippen molar-refractivity contribution in [3.63, 3.8) is 0 Å². The number of fused-ring (bicyclic) bond motifs is 7. The molecule has 0 atom stereocenters. The maximum atomic E-state index is 6.42. The fourth-order valence-corrected chi connectivity index (χ4v) is 7.17. The molecule has 0 fully saturated rings. The summed E-state index contributed by atoms with van der Waals surface area (Å²) in [5, 5.41) is 9.02. The molecule has 0 spiro atoms.